The Morgan fingerprint density at radius 2 is 0.341 bits per heavy atom. The minimum absolute atomic E-state index is 0. The van der Waals surface area contributed by atoms with E-state index < -0.39 is 74.5 Å². The maximum atomic E-state index is 10.8. The molecule has 0 unspecified atom stereocenters. The number of hydrogen-bond donors (Lipinski definition) is 0. The summed E-state index contributed by atoms with van der Waals surface area (Å²) >= 11 is 0. The van der Waals surface area contributed by atoms with E-state index in [-0.39, 0.29) is 148 Å². The van der Waals surface area contributed by atoms with Crippen LogP contribution in [0.15, 0.2) is 72.8 Å². The number of phosphoric acid groups is 4. The molecule has 32 heteroatoms. The third-order valence-corrected chi connectivity index (χ3v) is 11.7. The van der Waals surface area contributed by atoms with Crippen molar-refractivity contribution in [2.45, 2.75) is 158 Å². The molecule has 0 fully saturated rings. The quantitative estimate of drug-likeness (QED) is 0.0748. The van der Waals surface area contributed by atoms with Gasteiger partial charge in [-0.15, -0.1) is 0 Å². The Kier molecular flexibility index (Phi) is 60.3. The van der Waals surface area contributed by atoms with E-state index >= 15 is 0 Å². The van der Waals surface area contributed by atoms with Gasteiger partial charge in [0.25, 0.3) is 0 Å². The predicted octanol–water partition coefficient (Wildman–Crippen LogP) is 8.53. The van der Waals surface area contributed by atoms with Crippen LogP contribution in [-0.2, 0) is 139 Å². The molecule has 4 rings (SSSR count). The van der Waals surface area contributed by atoms with Gasteiger partial charge in [0.15, 0.2) is 0 Å². The van der Waals surface area contributed by atoms with Gasteiger partial charge >= 0.3 is 77.9 Å². The maximum Gasteiger partial charge on any atom is 2.00 e. The summed E-state index contributed by atoms with van der Waals surface area (Å²) in [6.07, 6.45) is 13.1. The maximum absolute atomic E-state index is 10.8. The summed E-state index contributed by atoms with van der Waals surface area (Å²) in [5, 5.41) is 0. The monoisotopic (exact) mass is 1590 g/mol. The topological polar surface area (TPSA) is 358 Å². The van der Waals surface area contributed by atoms with Crippen LogP contribution in [-0.4, -0.2) is 66.9 Å². The fraction of sp³-hybridized carbons (Fsp3) is 0.571. The van der Waals surface area contributed by atoms with E-state index in [0.717, 1.165) is 44.5 Å². The van der Waals surface area contributed by atoms with Crippen LogP contribution in [0.4, 0.5) is 0 Å². The standard InChI is InChI=1S/4C12H19O4P.4C2H6OS.4Zn/c4*1-8(2)10-6-5-7-11(9(3)4)12(10)16-17(13,14)15;4*1-4(2)3;;;;/h4*5-9H,1-4H3,(H2,13,14,15);4*1-2H3;;;;/q;;;;;;;;4*+2/p-8. The normalized spacial score (nSPS) is 11.0. The molecule has 0 aliphatic carbocycles. The summed E-state index contributed by atoms with van der Waals surface area (Å²) in [5.41, 5.74) is 5.91. The summed E-state index contributed by atoms with van der Waals surface area (Å²) in [6, 6.07) is 21.6. The predicted molar refractivity (Wildman–Crippen MR) is 331 cm³/mol. The molecule has 0 spiro atoms. The van der Waals surface area contributed by atoms with Crippen molar-refractivity contribution in [3.05, 3.63) is 117 Å². The van der Waals surface area contributed by atoms with Crippen molar-refractivity contribution < 1.29 is 170 Å². The molecule has 0 radical (unpaired) electrons. The van der Waals surface area contributed by atoms with Gasteiger partial charge in [-0.25, -0.2) is 0 Å². The van der Waals surface area contributed by atoms with Gasteiger partial charge in [0, 0.05) is 93.2 Å². The summed E-state index contributed by atoms with van der Waals surface area (Å²) in [7, 11) is -22.5. The Hall–Kier alpha value is -0.226. The first-order chi connectivity index (χ1) is 37.8. The minimum atomic E-state index is -5.02. The molecule has 4 aromatic rings. The van der Waals surface area contributed by atoms with Crippen molar-refractivity contribution in [1.29, 1.82) is 0 Å². The van der Waals surface area contributed by atoms with Crippen molar-refractivity contribution in [3.8, 4) is 23.0 Å². The second-order valence-corrected chi connectivity index (χ2v) is 31.7. The van der Waals surface area contributed by atoms with Gasteiger partial charge in [-0.05, 0) is 91.9 Å². The summed E-state index contributed by atoms with van der Waals surface area (Å²) in [4.78, 5) is 86.4. The average Bonchev–Trinajstić information content (AvgIpc) is 3.26. The summed E-state index contributed by atoms with van der Waals surface area (Å²) < 4.78 is 99.9. The zero-order chi connectivity index (χ0) is 67.2. The molecule has 0 heterocycles. The second-order valence-electron chi connectivity index (χ2n) is 21.4. The summed E-state index contributed by atoms with van der Waals surface area (Å²) in [6.45, 7) is 30.8. The van der Waals surface area contributed by atoms with E-state index in [1.54, 1.807) is 98.6 Å². The zero-order valence-electron chi connectivity index (χ0n) is 56.0. The van der Waals surface area contributed by atoms with Crippen LogP contribution in [0.3, 0.4) is 0 Å². The first-order valence-electron chi connectivity index (χ1n) is 26.2. The number of benzene rings is 4. The first-order valence-corrected chi connectivity index (χ1v) is 39.9. The molecule has 0 atom stereocenters. The molecule has 0 amide bonds. The van der Waals surface area contributed by atoms with Crippen molar-refractivity contribution in [1.82, 2.24) is 0 Å². The van der Waals surface area contributed by atoms with Crippen LogP contribution in [0.1, 0.15) is 203 Å². The Morgan fingerprint density at radius 3 is 0.398 bits per heavy atom. The van der Waals surface area contributed by atoms with Crippen LogP contribution < -0.4 is 57.2 Å². The molecule has 0 aliphatic heterocycles. The van der Waals surface area contributed by atoms with Crippen molar-refractivity contribution in [2.24, 2.45) is 0 Å². The summed E-state index contributed by atoms with van der Waals surface area (Å²) in [5.74, 6) is 1.54. The van der Waals surface area contributed by atoms with Gasteiger partial charge in [-0.2, -0.15) is 0 Å². The first kappa shape index (κ1) is 104. The van der Waals surface area contributed by atoms with Gasteiger partial charge in [0.1, 0.15) is 54.3 Å². The van der Waals surface area contributed by atoms with E-state index in [9.17, 15) is 74.2 Å². The molecule has 488 valence electrons. The van der Waals surface area contributed by atoms with Gasteiger partial charge in [-0.3, -0.25) is 16.8 Å². The van der Waals surface area contributed by atoms with E-state index in [4.69, 9.17) is 0 Å². The van der Waals surface area contributed by atoms with E-state index in [2.05, 4.69) is 18.1 Å². The smallest absolute Gasteiger partial charge is 0.780 e. The van der Waals surface area contributed by atoms with Crippen LogP contribution in [0.25, 0.3) is 0 Å². The largest absolute Gasteiger partial charge is 2.00 e. The molecular formula is C56H92O20P4S4Zn4. The van der Waals surface area contributed by atoms with Crippen molar-refractivity contribution in [3.63, 3.8) is 0 Å². The van der Waals surface area contributed by atoms with Crippen molar-refractivity contribution in [2.75, 3.05) is 50.0 Å². The van der Waals surface area contributed by atoms with Gasteiger partial charge in [0.2, 0.25) is 0 Å². The number of para-hydroxylation sites is 4. The Balaban J connectivity index is -0.000000147. The zero-order valence-corrected chi connectivity index (χ0v) is 74.7. The van der Waals surface area contributed by atoms with Crippen LogP contribution in [0.2, 0.25) is 0 Å². The van der Waals surface area contributed by atoms with Crippen molar-refractivity contribution >= 4 is 74.5 Å². The molecule has 4 aromatic carbocycles. The Bertz CT molecular complexity index is 2370. The Morgan fingerprint density at radius 1 is 0.261 bits per heavy atom. The molecule has 88 heavy (non-hydrogen) atoms. The SMILES string of the molecule is CC(C)c1cccc(C(C)C)c1OP(=O)([O-])[O-].CC(C)c1cccc(C(C)C)c1OP(=O)([O-])[O-].CC(C)c1cccc(C(C)C)c1OP(=O)([O-])[O-].CC(C)c1cccc(C(C)C)c1OP(=O)([O-])[O-].CS(C)=O.CS(C)=O.CS(C)=O.CS(C)=O.[Zn+2].[Zn+2].[Zn+2].[Zn+2]. The molecule has 0 aliphatic rings. The van der Waals surface area contributed by atoms with E-state index in [1.807, 2.05) is 135 Å². The Labute approximate surface area is 587 Å². The number of phosphoric ester groups is 4. The van der Waals surface area contributed by atoms with Crippen LogP contribution in [0.5, 0.6) is 23.0 Å². The number of hydrogen-bond acceptors (Lipinski definition) is 20. The van der Waals surface area contributed by atoms with Crippen LogP contribution in [0, 0.1) is 0 Å². The molecule has 20 nitrogen and oxygen atoms in total. The number of rotatable bonds is 16. The molecule has 0 aromatic heterocycles. The van der Waals surface area contributed by atoms with Gasteiger partial charge in [0.05, 0.1) is 0 Å². The molecule has 0 saturated heterocycles. The molecular weight excluding hydrogens is 1510 g/mol. The third-order valence-electron chi connectivity index (χ3n) is 10.1. The molecule has 0 bridgehead atoms. The fourth-order valence-electron chi connectivity index (χ4n) is 6.80. The third kappa shape index (κ3) is 53.1. The molecule has 0 N–H and O–H groups in total. The van der Waals surface area contributed by atoms with E-state index in [0.29, 0.717) is 0 Å². The van der Waals surface area contributed by atoms with Gasteiger partial charge in [-0.1, -0.05) is 184 Å². The fourth-order valence-corrected chi connectivity index (χ4v) is 8.54. The van der Waals surface area contributed by atoms with E-state index in [1.165, 1.54) is 0 Å². The van der Waals surface area contributed by atoms with Gasteiger partial charge < -0.3 is 75.5 Å². The van der Waals surface area contributed by atoms with Crippen LogP contribution >= 0.6 is 31.3 Å². The average molecular weight is 1600 g/mol. The minimum Gasteiger partial charge on any atom is -0.780 e. The second kappa shape index (κ2) is 51.1. The molecule has 0 saturated carbocycles.